The SMILES string of the molecule is CC(C)N(c1c(Cl)nnnc1Cl)C(C)C. The van der Waals surface area contributed by atoms with E-state index in [4.69, 9.17) is 23.2 Å². The molecule has 0 fully saturated rings. The van der Waals surface area contributed by atoms with Crippen LogP contribution in [0.3, 0.4) is 0 Å². The third kappa shape index (κ3) is 2.69. The zero-order valence-corrected chi connectivity index (χ0v) is 10.7. The van der Waals surface area contributed by atoms with Gasteiger partial charge in [-0.2, -0.15) is 0 Å². The van der Waals surface area contributed by atoms with E-state index in [2.05, 4.69) is 48.0 Å². The normalized spacial score (nSPS) is 11.2. The Morgan fingerprint density at radius 1 is 0.933 bits per heavy atom. The van der Waals surface area contributed by atoms with Gasteiger partial charge in [-0.05, 0) is 32.9 Å². The van der Waals surface area contributed by atoms with Gasteiger partial charge in [0.2, 0.25) is 0 Å². The van der Waals surface area contributed by atoms with Crippen molar-refractivity contribution in [2.24, 2.45) is 0 Å². The van der Waals surface area contributed by atoms with Gasteiger partial charge < -0.3 is 4.90 Å². The van der Waals surface area contributed by atoms with E-state index in [1.165, 1.54) is 0 Å². The maximum absolute atomic E-state index is 5.97. The Bertz CT molecular complexity index is 313. The second-order valence-electron chi connectivity index (χ2n) is 3.81. The number of halogens is 2. The lowest BCUT2D eigenvalue weighted by atomic mass is 10.2. The third-order valence-electron chi connectivity index (χ3n) is 2.03. The summed E-state index contributed by atoms with van der Waals surface area (Å²) in [7, 11) is 0. The number of hydrogen-bond acceptors (Lipinski definition) is 4. The van der Waals surface area contributed by atoms with E-state index >= 15 is 0 Å². The second kappa shape index (κ2) is 4.94. The van der Waals surface area contributed by atoms with E-state index in [0.717, 1.165) is 0 Å². The Kier molecular flexibility index (Phi) is 4.11. The lowest BCUT2D eigenvalue weighted by Crippen LogP contribution is -2.37. The largest absolute Gasteiger partial charge is 0.362 e. The van der Waals surface area contributed by atoms with Gasteiger partial charge in [0, 0.05) is 12.1 Å². The molecule has 0 aliphatic carbocycles. The summed E-state index contributed by atoms with van der Waals surface area (Å²) in [5.74, 6) is 0. The number of rotatable bonds is 3. The quantitative estimate of drug-likeness (QED) is 0.826. The number of anilines is 1. The van der Waals surface area contributed by atoms with Gasteiger partial charge in [-0.1, -0.05) is 23.2 Å². The smallest absolute Gasteiger partial charge is 0.180 e. The fourth-order valence-corrected chi connectivity index (χ4v) is 2.10. The maximum atomic E-state index is 5.97. The van der Waals surface area contributed by atoms with Crippen molar-refractivity contribution in [3.63, 3.8) is 0 Å². The molecule has 0 saturated heterocycles. The lowest BCUT2D eigenvalue weighted by molar-refractivity contribution is 0.603. The van der Waals surface area contributed by atoms with Gasteiger partial charge in [0.05, 0.1) is 0 Å². The highest BCUT2D eigenvalue weighted by molar-refractivity contribution is 6.37. The van der Waals surface area contributed by atoms with Gasteiger partial charge in [-0.25, -0.2) is 0 Å². The monoisotopic (exact) mass is 248 g/mol. The maximum Gasteiger partial charge on any atom is 0.180 e. The predicted molar refractivity (Wildman–Crippen MR) is 62.6 cm³/mol. The van der Waals surface area contributed by atoms with Crippen molar-refractivity contribution in [1.29, 1.82) is 0 Å². The van der Waals surface area contributed by atoms with Crippen LogP contribution in [0.25, 0.3) is 0 Å². The van der Waals surface area contributed by atoms with Crippen LogP contribution in [0.1, 0.15) is 27.7 Å². The molecule has 0 atom stereocenters. The Balaban J connectivity index is 3.22. The first-order chi connectivity index (χ1) is 6.95. The first-order valence-corrected chi connectivity index (χ1v) is 5.53. The van der Waals surface area contributed by atoms with E-state index < -0.39 is 0 Å². The van der Waals surface area contributed by atoms with Crippen molar-refractivity contribution in [2.75, 3.05) is 4.90 Å². The highest BCUT2D eigenvalue weighted by Gasteiger charge is 2.21. The molecule has 1 aromatic rings. The van der Waals surface area contributed by atoms with Crippen LogP contribution in [0, 0.1) is 0 Å². The Labute approximate surface area is 99.6 Å². The zero-order chi connectivity index (χ0) is 11.6. The van der Waals surface area contributed by atoms with Gasteiger partial charge in [0.25, 0.3) is 0 Å². The van der Waals surface area contributed by atoms with Crippen LogP contribution in [-0.2, 0) is 0 Å². The third-order valence-corrected chi connectivity index (χ3v) is 2.54. The average Bonchev–Trinajstić information content (AvgIpc) is 2.09. The Morgan fingerprint density at radius 3 is 1.67 bits per heavy atom. The van der Waals surface area contributed by atoms with Crippen LogP contribution in [0.15, 0.2) is 0 Å². The molecule has 0 bridgehead atoms. The van der Waals surface area contributed by atoms with Crippen LogP contribution in [0.5, 0.6) is 0 Å². The fourth-order valence-electron chi connectivity index (χ4n) is 1.61. The predicted octanol–water partition coefficient (Wildman–Crippen LogP) is 2.80. The molecular weight excluding hydrogens is 235 g/mol. The molecule has 0 radical (unpaired) electrons. The summed E-state index contributed by atoms with van der Waals surface area (Å²) in [5.41, 5.74) is 0.651. The first kappa shape index (κ1) is 12.5. The Hall–Kier alpha value is -0.610. The van der Waals surface area contributed by atoms with Crippen molar-refractivity contribution in [3.8, 4) is 0 Å². The molecule has 0 spiro atoms. The molecule has 0 amide bonds. The van der Waals surface area contributed by atoms with E-state index in [-0.39, 0.29) is 22.4 Å². The zero-order valence-electron chi connectivity index (χ0n) is 9.20. The topological polar surface area (TPSA) is 41.9 Å². The number of aromatic nitrogens is 3. The van der Waals surface area contributed by atoms with Crippen LogP contribution < -0.4 is 4.90 Å². The molecule has 15 heavy (non-hydrogen) atoms. The minimum atomic E-state index is 0.269. The van der Waals surface area contributed by atoms with Crippen LogP contribution in [0.2, 0.25) is 10.3 Å². The molecular formula is C9H14Cl2N4. The van der Waals surface area contributed by atoms with Crippen molar-refractivity contribution < 1.29 is 0 Å². The molecule has 0 aromatic carbocycles. The molecule has 0 unspecified atom stereocenters. The van der Waals surface area contributed by atoms with Crippen LogP contribution in [-0.4, -0.2) is 27.5 Å². The van der Waals surface area contributed by atoms with Crippen molar-refractivity contribution in [2.45, 2.75) is 39.8 Å². The molecule has 1 heterocycles. The van der Waals surface area contributed by atoms with Gasteiger partial charge in [-0.3, -0.25) is 0 Å². The van der Waals surface area contributed by atoms with E-state index in [0.29, 0.717) is 5.69 Å². The van der Waals surface area contributed by atoms with Crippen molar-refractivity contribution in [1.82, 2.24) is 15.4 Å². The molecule has 0 aliphatic rings. The van der Waals surface area contributed by atoms with Crippen LogP contribution in [0.4, 0.5) is 5.69 Å². The molecule has 1 rings (SSSR count). The van der Waals surface area contributed by atoms with Gasteiger partial charge >= 0.3 is 0 Å². The van der Waals surface area contributed by atoms with Crippen LogP contribution >= 0.6 is 23.2 Å². The summed E-state index contributed by atoms with van der Waals surface area (Å²) in [4.78, 5) is 2.06. The van der Waals surface area contributed by atoms with Gasteiger partial charge in [0.15, 0.2) is 10.3 Å². The van der Waals surface area contributed by atoms with Crippen molar-refractivity contribution >= 4 is 28.9 Å². The summed E-state index contributed by atoms with van der Waals surface area (Å²) in [6, 6.07) is 0.539. The molecule has 1 aromatic heterocycles. The van der Waals surface area contributed by atoms with E-state index in [9.17, 15) is 0 Å². The summed E-state index contributed by atoms with van der Waals surface area (Å²) in [5, 5.41) is 11.4. The summed E-state index contributed by atoms with van der Waals surface area (Å²) < 4.78 is 0. The average molecular weight is 249 g/mol. The van der Waals surface area contributed by atoms with Gasteiger partial charge in [0.1, 0.15) is 5.69 Å². The first-order valence-electron chi connectivity index (χ1n) is 4.77. The van der Waals surface area contributed by atoms with E-state index in [1.54, 1.807) is 0 Å². The molecule has 84 valence electrons. The molecule has 0 saturated carbocycles. The molecule has 0 aliphatic heterocycles. The lowest BCUT2D eigenvalue weighted by Gasteiger charge is -2.33. The summed E-state index contributed by atoms with van der Waals surface area (Å²) in [6.45, 7) is 8.25. The molecule has 4 nitrogen and oxygen atoms in total. The number of nitrogens with zero attached hydrogens (tertiary/aromatic N) is 4. The van der Waals surface area contributed by atoms with Crippen molar-refractivity contribution in [3.05, 3.63) is 10.3 Å². The highest BCUT2D eigenvalue weighted by atomic mass is 35.5. The number of hydrogen-bond donors (Lipinski definition) is 0. The standard InChI is InChI=1S/C9H14Cl2N4/c1-5(2)15(6(3)4)7-8(10)12-14-13-9(7)11/h5-6H,1-4H3. The second-order valence-corrected chi connectivity index (χ2v) is 4.53. The van der Waals surface area contributed by atoms with E-state index in [1.807, 2.05) is 0 Å². The minimum absolute atomic E-state index is 0.269. The van der Waals surface area contributed by atoms with Gasteiger partial charge in [-0.15, -0.1) is 10.2 Å². The highest BCUT2D eigenvalue weighted by Crippen LogP contribution is 2.32. The fraction of sp³-hybridized carbons (Fsp3) is 0.667. The Morgan fingerprint density at radius 2 is 1.33 bits per heavy atom. The summed E-state index contributed by atoms with van der Waals surface area (Å²) in [6.07, 6.45) is 0. The summed E-state index contributed by atoms with van der Waals surface area (Å²) >= 11 is 11.9. The molecule has 0 N–H and O–H groups in total. The molecule has 6 heteroatoms. The minimum Gasteiger partial charge on any atom is -0.362 e.